The molecule has 0 aliphatic carbocycles. The van der Waals surface area contributed by atoms with Crippen molar-refractivity contribution in [3.63, 3.8) is 0 Å². The number of methoxy groups -OCH3 is 1. The van der Waals surface area contributed by atoms with Crippen molar-refractivity contribution in [3.8, 4) is 5.75 Å². The van der Waals surface area contributed by atoms with E-state index in [0.717, 1.165) is 41.0 Å². The molecule has 138 valence electrons. The molecule has 0 aliphatic rings. The first-order valence-electron chi connectivity index (χ1n) is 9.10. The molecule has 3 aromatic carbocycles. The third kappa shape index (κ3) is 4.86. The van der Waals surface area contributed by atoms with Gasteiger partial charge >= 0.3 is 0 Å². The first-order chi connectivity index (χ1) is 13.2. The molecule has 0 aromatic heterocycles. The summed E-state index contributed by atoms with van der Waals surface area (Å²) in [6.07, 6.45) is 3.02. The van der Waals surface area contributed by atoms with Crippen molar-refractivity contribution >= 4 is 39.4 Å². The van der Waals surface area contributed by atoms with Crippen molar-refractivity contribution in [2.24, 2.45) is 0 Å². The number of anilines is 1. The number of ether oxygens (including phenoxy) is 1. The monoisotopic (exact) mass is 376 g/mol. The maximum Gasteiger partial charge on any atom is 0.118 e. The zero-order chi connectivity index (χ0) is 19.1. The summed E-state index contributed by atoms with van der Waals surface area (Å²) in [5.74, 6) is 0.838. The van der Waals surface area contributed by atoms with E-state index in [-0.39, 0.29) is 0 Å². The summed E-state index contributed by atoms with van der Waals surface area (Å²) in [6, 6.07) is 22.5. The van der Waals surface area contributed by atoms with Gasteiger partial charge in [0.1, 0.15) is 10.7 Å². The third-order valence-corrected chi connectivity index (χ3v) is 4.51. The van der Waals surface area contributed by atoms with Crippen LogP contribution in [0.4, 0.5) is 5.69 Å². The highest BCUT2D eigenvalue weighted by Gasteiger charge is 2.05. The molecular formula is C23H24N2OS. The van der Waals surface area contributed by atoms with Crippen LogP contribution in [0.1, 0.15) is 18.9 Å². The number of thiocarbonyl (C=S) groups is 1. The van der Waals surface area contributed by atoms with Gasteiger partial charge in [-0.3, -0.25) is 0 Å². The number of hydrogen-bond acceptors (Lipinski definition) is 3. The van der Waals surface area contributed by atoms with Gasteiger partial charge in [0.25, 0.3) is 0 Å². The summed E-state index contributed by atoms with van der Waals surface area (Å²) in [6.45, 7) is 3.03. The molecule has 0 aliphatic heterocycles. The lowest BCUT2D eigenvalue weighted by Gasteiger charge is -2.13. The van der Waals surface area contributed by atoms with Gasteiger partial charge in [-0.25, -0.2) is 0 Å². The lowest BCUT2D eigenvalue weighted by Crippen LogP contribution is -2.16. The quantitative estimate of drug-likeness (QED) is 0.414. The van der Waals surface area contributed by atoms with Crippen molar-refractivity contribution in [3.05, 3.63) is 78.4 Å². The van der Waals surface area contributed by atoms with Crippen molar-refractivity contribution in [1.82, 2.24) is 5.32 Å². The molecule has 0 unspecified atom stereocenters. The predicted octanol–water partition coefficient (Wildman–Crippen LogP) is 5.63. The van der Waals surface area contributed by atoms with Crippen molar-refractivity contribution < 1.29 is 4.74 Å². The summed E-state index contributed by atoms with van der Waals surface area (Å²) in [5.41, 5.74) is 3.09. The number of nitrogens with one attached hydrogen (secondary N) is 2. The molecule has 0 radical (unpaired) electrons. The van der Waals surface area contributed by atoms with Crippen LogP contribution in [-0.2, 0) is 0 Å². The maximum atomic E-state index is 5.62. The number of rotatable bonds is 7. The summed E-state index contributed by atoms with van der Waals surface area (Å²) in [7, 11) is 1.67. The Morgan fingerprint density at radius 1 is 1.00 bits per heavy atom. The Morgan fingerprint density at radius 3 is 2.48 bits per heavy atom. The standard InChI is InChI=1S/C23H24N2OS/c1-3-15-24-22(18-11-13-19(26-2)14-12-18)16-23(27)25-21-10-6-8-17-7-4-5-9-20(17)21/h4-14,16,24H,3,15H2,1-2H3,(H,25,27). The first kappa shape index (κ1) is 18.9. The molecule has 3 rings (SSSR count). The lowest BCUT2D eigenvalue weighted by molar-refractivity contribution is 0.415. The van der Waals surface area contributed by atoms with Crippen LogP contribution in [0.25, 0.3) is 16.5 Å². The second-order valence-corrected chi connectivity index (χ2v) is 6.67. The van der Waals surface area contributed by atoms with E-state index < -0.39 is 0 Å². The first-order valence-corrected chi connectivity index (χ1v) is 9.51. The molecule has 0 amide bonds. The van der Waals surface area contributed by atoms with Crippen LogP contribution in [0.2, 0.25) is 0 Å². The molecule has 0 spiro atoms. The molecule has 2 N–H and O–H groups in total. The maximum absolute atomic E-state index is 5.62. The third-order valence-electron chi connectivity index (χ3n) is 4.29. The van der Waals surface area contributed by atoms with E-state index >= 15 is 0 Å². The fourth-order valence-corrected chi connectivity index (χ4v) is 3.13. The minimum Gasteiger partial charge on any atom is -0.497 e. The van der Waals surface area contributed by atoms with Crippen LogP contribution in [-0.4, -0.2) is 18.6 Å². The number of benzene rings is 3. The van der Waals surface area contributed by atoms with Gasteiger partial charge in [0.05, 0.1) is 7.11 Å². The van der Waals surface area contributed by atoms with Gasteiger partial charge in [0, 0.05) is 23.3 Å². The zero-order valence-electron chi connectivity index (χ0n) is 15.7. The van der Waals surface area contributed by atoms with E-state index in [1.807, 2.05) is 48.5 Å². The van der Waals surface area contributed by atoms with E-state index in [1.54, 1.807) is 7.11 Å². The van der Waals surface area contributed by atoms with Gasteiger partial charge in [0.2, 0.25) is 0 Å². The van der Waals surface area contributed by atoms with Gasteiger partial charge in [-0.1, -0.05) is 55.5 Å². The Labute approximate surface area is 166 Å². The number of hydrogen-bond donors (Lipinski definition) is 2. The van der Waals surface area contributed by atoms with Gasteiger partial charge in [0.15, 0.2) is 0 Å². The Balaban J connectivity index is 1.85. The molecule has 0 saturated heterocycles. The fraction of sp³-hybridized carbons (Fsp3) is 0.174. The smallest absolute Gasteiger partial charge is 0.118 e. The summed E-state index contributed by atoms with van der Waals surface area (Å²) < 4.78 is 5.25. The Bertz CT molecular complexity index is 943. The zero-order valence-corrected chi connectivity index (χ0v) is 16.5. The molecule has 0 fully saturated rings. The van der Waals surface area contributed by atoms with Gasteiger partial charge in [-0.15, -0.1) is 0 Å². The molecule has 0 atom stereocenters. The van der Waals surface area contributed by atoms with Gasteiger partial charge < -0.3 is 15.4 Å². The van der Waals surface area contributed by atoms with Gasteiger partial charge in [-0.05, 0) is 53.8 Å². The van der Waals surface area contributed by atoms with Crippen LogP contribution in [0.3, 0.4) is 0 Å². The van der Waals surface area contributed by atoms with Gasteiger partial charge in [-0.2, -0.15) is 0 Å². The second-order valence-electron chi connectivity index (χ2n) is 6.23. The van der Waals surface area contributed by atoms with Crippen molar-refractivity contribution in [2.75, 3.05) is 19.0 Å². The lowest BCUT2D eigenvalue weighted by atomic mass is 10.1. The molecule has 3 nitrogen and oxygen atoms in total. The minimum absolute atomic E-state index is 0.667. The van der Waals surface area contributed by atoms with Crippen molar-refractivity contribution in [1.29, 1.82) is 0 Å². The van der Waals surface area contributed by atoms with Crippen LogP contribution in [0, 0.1) is 0 Å². The highest BCUT2D eigenvalue weighted by atomic mass is 32.1. The van der Waals surface area contributed by atoms with E-state index in [2.05, 4.69) is 41.8 Å². The Hall–Kier alpha value is -2.85. The van der Waals surface area contributed by atoms with E-state index in [4.69, 9.17) is 17.0 Å². The average molecular weight is 377 g/mol. The molecule has 4 heteroatoms. The molecule has 0 heterocycles. The summed E-state index contributed by atoms with van der Waals surface area (Å²) >= 11 is 5.62. The highest BCUT2D eigenvalue weighted by molar-refractivity contribution is 7.81. The molecular weight excluding hydrogens is 352 g/mol. The van der Waals surface area contributed by atoms with Crippen LogP contribution < -0.4 is 15.4 Å². The van der Waals surface area contributed by atoms with Crippen LogP contribution in [0.15, 0.2) is 72.8 Å². The number of fused-ring (bicyclic) bond motifs is 1. The van der Waals surface area contributed by atoms with Crippen LogP contribution >= 0.6 is 12.2 Å². The Kier molecular flexibility index (Phi) is 6.44. The second kappa shape index (κ2) is 9.19. The average Bonchev–Trinajstić information content (AvgIpc) is 2.71. The largest absolute Gasteiger partial charge is 0.497 e. The molecule has 0 saturated carbocycles. The molecule has 0 bridgehead atoms. The topological polar surface area (TPSA) is 33.3 Å². The fourth-order valence-electron chi connectivity index (χ4n) is 2.90. The predicted molar refractivity (Wildman–Crippen MR) is 119 cm³/mol. The Morgan fingerprint density at radius 2 is 1.74 bits per heavy atom. The van der Waals surface area contributed by atoms with E-state index in [9.17, 15) is 0 Å². The van der Waals surface area contributed by atoms with Crippen LogP contribution in [0.5, 0.6) is 5.75 Å². The minimum atomic E-state index is 0.667. The summed E-state index contributed by atoms with van der Waals surface area (Å²) in [4.78, 5) is 0.667. The van der Waals surface area contributed by atoms with E-state index in [0.29, 0.717) is 4.99 Å². The molecule has 3 aromatic rings. The summed E-state index contributed by atoms with van der Waals surface area (Å²) in [5, 5.41) is 9.19. The van der Waals surface area contributed by atoms with Crippen molar-refractivity contribution in [2.45, 2.75) is 13.3 Å². The van der Waals surface area contributed by atoms with E-state index in [1.165, 1.54) is 5.39 Å². The SMILES string of the molecule is CCCNC(=CC(=S)Nc1cccc2ccccc12)c1ccc(OC)cc1. The molecule has 27 heavy (non-hydrogen) atoms. The normalized spacial score (nSPS) is 11.3. The highest BCUT2D eigenvalue weighted by Crippen LogP contribution is 2.23.